The number of amides is 1. The summed E-state index contributed by atoms with van der Waals surface area (Å²) in [4.78, 5) is 39.0. The Morgan fingerprint density at radius 3 is 2.76 bits per heavy atom. The molecule has 2 N–H and O–H groups in total. The second-order valence-electron chi connectivity index (χ2n) is 5.45. The zero-order chi connectivity index (χ0) is 17.8. The summed E-state index contributed by atoms with van der Waals surface area (Å²) in [6.45, 7) is 1.07. The van der Waals surface area contributed by atoms with E-state index < -0.39 is 24.5 Å². The molecule has 3 rings (SSSR count). The fourth-order valence-electron chi connectivity index (χ4n) is 2.38. The van der Waals surface area contributed by atoms with Crippen LogP contribution in [0.1, 0.15) is 27.8 Å². The summed E-state index contributed by atoms with van der Waals surface area (Å²) >= 11 is 0. The first-order chi connectivity index (χ1) is 12.1. The second kappa shape index (κ2) is 7.04. The molecule has 2 heterocycles. The summed E-state index contributed by atoms with van der Waals surface area (Å²) in [6.07, 6.45) is 2.95. The number of nitrogens with one attached hydrogen (secondary N) is 2. The van der Waals surface area contributed by atoms with Crippen molar-refractivity contribution in [3.8, 4) is 0 Å². The van der Waals surface area contributed by atoms with Crippen molar-refractivity contribution in [3.63, 3.8) is 0 Å². The number of furan rings is 1. The number of H-pyrrole nitrogens is 1. The molecule has 0 fully saturated rings. The van der Waals surface area contributed by atoms with Gasteiger partial charge in [-0.2, -0.15) is 0 Å². The van der Waals surface area contributed by atoms with Crippen molar-refractivity contribution in [1.82, 2.24) is 10.3 Å². The molecule has 25 heavy (non-hydrogen) atoms. The third-order valence-electron chi connectivity index (χ3n) is 3.68. The quantitative estimate of drug-likeness (QED) is 0.530. The maximum Gasteiger partial charge on any atom is 0.328 e. The van der Waals surface area contributed by atoms with Gasteiger partial charge in [0, 0.05) is 22.7 Å². The number of para-hydroxylation sites is 1. The van der Waals surface area contributed by atoms with Gasteiger partial charge in [0.15, 0.2) is 12.4 Å². The molecular weight excluding hydrogens is 324 g/mol. The Morgan fingerprint density at radius 1 is 1.20 bits per heavy atom. The van der Waals surface area contributed by atoms with Crippen LogP contribution < -0.4 is 5.32 Å². The number of rotatable bonds is 6. The molecule has 0 saturated heterocycles. The molecule has 0 aliphatic rings. The van der Waals surface area contributed by atoms with Crippen LogP contribution in [0.2, 0.25) is 0 Å². The average Bonchev–Trinajstić information content (AvgIpc) is 3.28. The molecule has 1 amide bonds. The van der Waals surface area contributed by atoms with Crippen molar-refractivity contribution in [2.24, 2.45) is 0 Å². The summed E-state index contributed by atoms with van der Waals surface area (Å²) in [7, 11) is 0. The van der Waals surface area contributed by atoms with Crippen LogP contribution in [-0.2, 0) is 9.53 Å². The Hall–Kier alpha value is -3.35. The van der Waals surface area contributed by atoms with Crippen molar-refractivity contribution < 1.29 is 23.5 Å². The van der Waals surface area contributed by atoms with Crippen molar-refractivity contribution in [2.45, 2.75) is 13.0 Å². The molecule has 1 atom stereocenters. The van der Waals surface area contributed by atoms with E-state index in [0.29, 0.717) is 5.56 Å². The lowest BCUT2D eigenvalue weighted by Crippen LogP contribution is -2.40. The standard InChI is InChI=1S/C18H16N2O5/c1-11(20-17(22)16-7-4-8-24-16)18(23)25-10-15(21)13-9-19-14-6-3-2-5-12(13)14/h2-9,11,19H,10H2,1H3,(H,20,22)/t11-/m0/s1. The van der Waals surface area contributed by atoms with Crippen molar-refractivity contribution in [2.75, 3.05) is 6.61 Å². The van der Waals surface area contributed by atoms with Crippen molar-refractivity contribution >= 4 is 28.6 Å². The molecule has 7 nitrogen and oxygen atoms in total. The first kappa shape index (κ1) is 16.5. The SMILES string of the molecule is C[C@H](NC(=O)c1ccco1)C(=O)OCC(=O)c1c[nH]c2ccccc12. The van der Waals surface area contributed by atoms with E-state index in [9.17, 15) is 14.4 Å². The Bertz CT molecular complexity index is 911. The molecule has 2 aromatic heterocycles. The summed E-state index contributed by atoms with van der Waals surface area (Å²) < 4.78 is 9.95. The van der Waals surface area contributed by atoms with Crippen LogP contribution in [0.25, 0.3) is 10.9 Å². The van der Waals surface area contributed by atoms with Crippen LogP contribution in [-0.4, -0.2) is 35.3 Å². The van der Waals surface area contributed by atoms with E-state index >= 15 is 0 Å². The number of carbonyl (C=O) groups excluding carboxylic acids is 3. The van der Waals surface area contributed by atoms with Crippen molar-refractivity contribution in [1.29, 1.82) is 0 Å². The third-order valence-corrected chi connectivity index (χ3v) is 3.68. The third kappa shape index (κ3) is 3.60. The minimum absolute atomic E-state index is 0.0921. The first-order valence-electron chi connectivity index (χ1n) is 7.66. The van der Waals surface area contributed by atoms with E-state index in [1.165, 1.54) is 19.3 Å². The molecular formula is C18H16N2O5. The number of ether oxygens (including phenoxy) is 1. The monoisotopic (exact) mass is 340 g/mol. The van der Waals surface area contributed by atoms with Crippen LogP contribution in [0.5, 0.6) is 0 Å². The Kier molecular flexibility index (Phi) is 4.65. The molecule has 0 spiro atoms. The Labute approximate surface area is 143 Å². The van der Waals surface area contributed by atoms with Gasteiger partial charge < -0.3 is 19.5 Å². The van der Waals surface area contributed by atoms with Gasteiger partial charge in [-0.25, -0.2) is 4.79 Å². The number of Topliss-reactive ketones (excluding diaryl/α,β-unsaturated/α-hetero) is 1. The van der Waals surface area contributed by atoms with E-state index in [1.807, 2.05) is 24.3 Å². The largest absolute Gasteiger partial charge is 0.459 e. The normalized spacial score (nSPS) is 11.9. The van der Waals surface area contributed by atoms with Gasteiger partial charge in [0.05, 0.1) is 6.26 Å². The lowest BCUT2D eigenvalue weighted by Gasteiger charge is -2.12. The van der Waals surface area contributed by atoms with Gasteiger partial charge in [-0.3, -0.25) is 9.59 Å². The number of carbonyl (C=O) groups is 3. The smallest absolute Gasteiger partial charge is 0.328 e. The molecule has 1 aromatic carbocycles. The van der Waals surface area contributed by atoms with E-state index in [-0.39, 0.29) is 11.5 Å². The highest BCUT2D eigenvalue weighted by Gasteiger charge is 2.21. The number of hydrogen-bond donors (Lipinski definition) is 2. The number of benzene rings is 1. The van der Waals surface area contributed by atoms with Crippen LogP contribution in [0.3, 0.4) is 0 Å². The molecule has 0 unspecified atom stereocenters. The molecule has 0 aliphatic carbocycles. The van der Waals surface area contributed by atoms with E-state index in [4.69, 9.17) is 9.15 Å². The lowest BCUT2D eigenvalue weighted by molar-refractivity contribution is -0.144. The van der Waals surface area contributed by atoms with E-state index in [0.717, 1.165) is 10.9 Å². The van der Waals surface area contributed by atoms with Gasteiger partial charge in [-0.05, 0) is 25.1 Å². The average molecular weight is 340 g/mol. The van der Waals surface area contributed by atoms with Gasteiger partial charge >= 0.3 is 5.97 Å². The molecule has 0 bridgehead atoms. The predicted molar refractivity (Wildman–Crippen MR) is 89.2 cm³/mol. The number of esters is 1. The van der Waals surface area contributed by atoms with Crippen LogP contribution >= 0.6 is 0 Å². The highest BCUT2D eigenvalue weighted by Crippen LogP contribution is 2.18. The highest BCUT2D eigenvalue weighted by molar-refractivity contribution is 6.09. The summed E-state index contributed by atoms with van der Waals surface area (Å²) in [5.41, 5.74) is 1.28. The fourth-order valence-corrected chi connectivity index (χ4v) is 2.38. The predicted octanol–water partition coefficient (Wildman–Crippen LogP) is 2.31. The topological polar surface area (TPSA) is 101 Å². The van der Waals surface area contributed by atoms with E-state index in [2.05, 4.69) is 10.3 Å². The first-order valence-corrected chi connectivity index (χ1v) is 7.66. The fraction of sp³-hybridized carbons (Fsp3) is 0.167. The van der Waals surface area contributed by atoms with E-state index in [1.54, 1.807) is 12.3 Å². The molecule has 0 saturated carbocycles. The molecule has 3 aromatic rings. The zero-order valence-electron chi connectivity index (χ0n) is 13.4. The van der Waals surface area contributed by atoms with Crippen LogP contribution in [0, 0.1) is 0 Å². The van der Waals surface area contributed by atoms with Crippen molar-refractivity contribution in [3.05, 3.63) is 60.2 Å². The van der Waals surface area contributed by atoms with Gasteiger partial charge in [-0.1, -0.05) is 18.2 Å². The second-order valence-corrected chi connectivity index (χ2v) is 5.45. The Balaban J connectivity index is 1.56. The lowest BCUT2D eigenvalue weighted by atomic mass is 10.1. The zero-order valence-corrected chi connectivity index (χ0v) is 13.4. The van der Waals surface area contributed by atoms with Gasteiger partial charge in [0.2, 0.25) is 5.78 Å². The van der Waals surface area contributed by atoms with Crippen LogP contribution in [0.15, 0.2) is 53.3 Å². The molecule has 0 radical (unpaired) electrons. The summed E-state index contributed by atoms with van der Waals surface area (Å²) in [5.74, 6) is -1.46. The maximum atomic E-state index is 12.3. The number of aromatic amines is 1. The van der Waals surface area contributed by atoms with Crippen LogP contribution in [0.4, 0.5) is 0 Å². The molecule has 128 valence electrons. The maximum absolute atomic E-state index is 12.3. The number of fused-ring (bicyclic) bond motifs is 1. The summed E-state index contributed by atoms with van der Waals surface area (Å²) in [5, 5.41) is 3.21. The number of aromatic nitrogens is 1. The minimum Gasteiger partial charge on any atom is -0.459 e. The molecule has 0 aliphatic heterocycles. The number of ketones is 1. The molecule has 7 heteroatoms. The van der Waals surface area contributed by atoms with Gasteiger partial charge in [0.25, 0.3) is 5.91 Å². The highest BCUT2D eigenvalue weighted by atomic mass is 16.5. The Morgan fingerprint density at radius 2 is 2.00 bits per heavy atom. The number of hydrogen-bond acceptors (Lipinski definition) is 5. The van der Waals surface area contributed by atoms with Gasteiger partial charge in [-0.15, -0.1) is 0 Å². The minimum atomic E-state index is -0.909. The van der Waals surface area contributed by atoms with Gasteiger partial charge in [0.1, 0.15) is 6.04 Å². The summed E-state index contributed by atoms with van der Waals surface area (Å²) in [6, 6.07) is 9.48.